The van der Waals surface area contributed by atoms with Gasteiger partial charge in [-0.15, -0.1) is 11.3 Å². The van der Waals surface area contributed by atoms with Crippen molar-refractivity contribution in [1.29, 1.82) is 0 Å². The number of nitrogens with one attached hydrogen (secondary N) is 1. The van der Waals surface area contributed by atoms with Gasteiger partial charge in [-0.25, -0.2) is 0 Å². The first kappa shape index (κ1) is 18.2. The van der Waals surface area contributed by atoms with Crippen LogP contribution in [-0.2, 0) is 4.79 Å². The second-order valence-electron chi connectivity index (χ2n) is 6.61. The number of H-pyrrole nitrogens is 1. The lowest BCUT2D eigenvalue weighted by Crippen LogP contribution is -2.22. The molecule has 5 heteroatoms. The molecular formula is C19H23NO3S. The Hall–Kier alpha value is -2.14. The van der Waals surface area contributed by atoms with Crippen LogP contribution in [0, 0.1) is 5.41 Å². The summed E-state index contributed by atoms with van der Waals surface area (Å²) >= 11 is 1.29. The largest absolute Gasteiger partial charge is 0.494 e. The first-order chi connectivity index (χ1) is 11.3. The van der Waals surface area contributed by atoms with Gasteiger partial charge in [-0.3, -0.25) is 9.59 Å². The Kier molecular flexibility index (Phi) is 5.78. The summed E-state index contributed by atoms with van der Waals surface area (Å²) in [5.74, 6) is 0.808. The van der Waals surface area contributed by atoms with Crippen LogP contribution in [0.5, 0.6) is 5.75 Å². The third-order valence-electron chi connectivity index (χ3n) is 3.33. The number of aromatic nitrogens is 1. The molecule has 1 heterocycles. The second-order valence-corrected chi connectivity index (χ2v) is 7.69. The van der Waals surface area contributed by atoms with Gasteiger partial charge in [-0.1, -0.05) is 39.8 Å². The number of hydrogen-bond acceptors (Lipinski definition) is 4. The molecule has 128 valence electrons. The van der Waals surface area contributed by atoms with Crippen LogP contribution in [0.25, 0.3) is 12.2 Å². The molecule has 0 spiro atoms. The second kappa shape index (κ2) is 7.62. The predicted molar refractivity (Wildman–Crippen MR) is 98.9 cm³/mol. The number of Topliss-reactive ketones (excluding diaryl/α,β-unsaturated/α-hetero) is 1. The number of ether oxygens (including phenoxy) is 1. The topological polar surface area (TPSA) is 59.2 Å². The van der Waals surface area contributed by atoms with Gasteiger partial charge >= 0.3 is 0 Å². The van der Waals surface area contributed by atoms with Crippen molar-refractivity contribution in [2.45, 2.75) is 34.1 Å². The van der Waals surface area contributed by atoms with E-state index in [4.69, 9.17) is 4.74 Å². The molecule has 0 amide bonds. The molecule has 1 aromatic carbocycles. The number of aromatic amines is 1. The van der Waals surface area contributed by atoms with Crippen LogP contribution in [-0.4, -0.2) is 17.4 Å². The molecule has 0 unspecified atom stereocenters. The summed E-state index contributed by atoms with van der Waals surface area (Å²) in [5, 5.41) is 0. The summed E-state index contributed by atoms with van der Waals surface area (Å²) in [7, 11) is 0. The van der Waals surface area contributed by atoms with E-state index >= 15 is 0 Å². The maximum atomic E-state index is 12.1. The van der Waals surface area contributed by atoms with Gasteiger partial charge in [0.2, 0.25) is 0 Å². The van der Waals surface area contributed by atoms with Crippen LogP contribution in [0.1, 0.15) is 39.7 Å². The smallest absolute Gasteiger partial charge is 0.266 e. The standard InChI is InChI=1S/C19H23NO3S/c1-5-10-23-14-8-6-13(7-9-14)11-15-18(22)20-17(24-15)12-16(21)19(2,3)4/h6-9,11-12H,5,10H2,1-4H3,(H,20,22)/b15-11-,17-12-. The number of ketones is 1. The molecule has 0 fully saturated rings. The van der Waals surface area contributed by atoms with Crippen molar-refractivity contribution in [1.82, 2.24) is 4.98 Å². The van der Waals surface area contributed by atoms with Crippen molar-refractivity contribution in [3.05, 3.63) is 49.4 Å². The SMILES string of the molecule is CCCOc1ccc(/C=c2\s/c(=C\C(=O)C(C)(C)C)[nH]c2=O)cc1. The van der Waals surface area contributed by atoms with E-state index in [1.165, 1.54) is 17.4 Å². The number of thiazole rings is 1. The Labute approximate surface area is 145 Å². The van der Waals surface area contributed by atoms with Crippen molar-refractivity contribution in [3.8, 4) is 5.75 Å². The molecule has 0 radical (unpaired) electrons. The zero-order chi connectivity index (χ0) is 17.7. The summed E-state index contributed by atoms with van der Waals surface area (Å²) in [5.41, 5.74) is 0.276. The lowest BCUT2D eigenvalue weighted by molar-refractivity contribution is -0.119. The molecule has 0 bridgehead atoms. The first-order valence-corrected chi connectivity index (χ1v) is 8.81. The number of carbonyl (C=O) groups is 1. The van der Waals surface area contributed by atoms with E-state index in [9.17, 15) is 9.59 Å². The highest BCUT2D eigenvalue weighted by Crippen LogP contribution is 2.15. The minimum Gasteiger partial charge on any atom is -0.494 e. The molecule has 4 nitrogen and oxygen atoms in total. The Morgan fingerprint density at radius 1 is 1.25 bits per heavy atom. The Morgan fingerprint density at radius 3 is 2.50 bits per heavy atom. The maximum absolute atomic E-state index is 12.1. The third-order valence-corrected chi connectivity index (χ3v) is 4.30. The summed E-state index contributed by atoms with van der Waals surface area (Å²) in [6.45, 7) is 8.31. The number of rotatable bonds is 5. The molecular weight excluding hydrogens is 322 g/mol. The molecule has 0 saturated heterocycles. The maximum Gasteiger partial charge on any atom is 0.266 e. The lowest BCUT2D eigenvalue weighted by Gasteiger charge is -2.12. The number of carbonyl (C=O) groups excluding carboxylic acids is 1. The van der Waals surface area contributed by atoms with Gasteiger partial charge in [0.15, 0.2) is 5.78 Å². The lowest BCUT2D eigenvalue weighted by atomic mass is 9.91. The fraction of sp³-hybridized carbons (Fsp3) is 0.368. The zero-order valence-electron chi connectivity index (χ0n) is 14.5. The van der Waals surface area contributed by atoms with E-state index in [1.54, 1.807) is 0 Å². The molecule has 1 N–H and O–H groups in total. The van der Waals surface area contributed by atoms with Gasteiger partial charge in [0.1, 0.15) is 5.75 Å². The molecule has 0 aliphatic carbocycles. The van der Waals surface area contributed by atoms with E-state index in [0.29, 0.717) is 15.8 Å². The van der Waals surface area contributed by atoms with Gasteiger partial charge < -0.3 is 9.72 Å². The first-order valence-electron chi connectivity index (χ1n) is 7.99. The average Bonchev–Trinajstić information content (AvgIpc) is 2.85. The normalized spacial score (nSPS) is 13.3. The third kappa shape index (κ3) is 4.93. The highest BCUT2D eigenvalue weighted by Gasteiger charge is 2.18. The molecule has 24 heavy (non-hydrogen) atoms. The fourth-order valence-corrected chi connectivity index (χ4v) is 2.78. The average molecular weight is 345 g/mol. The molecule has 0 aliphatic heterocycles. The summed E-state index contributed by atoms with van der Waals surface area (Å²) in [6.07, 6.45) is 4.28. The molecule has 2 aromatic rings. The highest BCUT2D eigenvalue weighted by molar-refractivity contribution is 7.07. The van der Waals surface area contributed by atoms with Crippen LogP contribution in [0.15, 0.2) is 29.1 Å². The highest BCUT2D eigenvalue weighted by atomic mass is 32.1. The van der Waals surface area contributed by atoms with Crippen molar-refractivity contribution < 1.29 is 9.53 Å². The van der Waals surface area contributed by atoms with Crippen molar-refractivity contribution in [3.63, 3.8) is 0 Å². The minimum absolute atomic E-state index is 0.0102. The number of hydrogen-bond donors (Lipinski definition) is 1. The van der Waals surface area contributed by atoms with E-state index in [0.717, 1.165) is 17.7 Å². The van der Waals surface area contributed by atoms with E-state index in [2.05, 4.69) is 11.9 Å². The summed E-state index contributed by atoms with van der Waals surface area (Å²) in [6, 6.07) is 7.60. The van der Waals surface area contributed by atoms with Crippen LogP contribution in [0.2, 0.25) is 0 Å². The minimum atomic E-state index is -0.459. The van der Waals surface area contributed by atoms with Crippen LogP contribution in [0.4, 0.5) is 0 Å². The molecule has 1 aromatic heterocycles. The number of benzene rings is 1. The zero-order valence-corrected chi connectivity index (χ0v) is 15.3. The Bertz CT molecular complexity index is 867. The van der Waals surface area contributed by atoms with Gasteiger partial charge in [-0.2, -0.15) is 0 Å². The Balaban J connectivity index is 2.30. The Morgan fingerprint density at radius 2 is 1.92 bits per heavy atom. The van der Waals surface area contributed by atoms with Gasteiger partial charge in [-0.05, 0) is 30.2 Å². The molecule has 0 saturated carbocycles. The van der Waals surface area contributed by atoms with E-state index < -0.39 is 5.41 Å². The van der Waals surface area contributed by atoms with Gasteiger partial charge in [0.05, 0.1) is 15.8 Å². The van der Waals surface area contributed by atoms with Gasteiger partial charge in [0.25, 0.3) is 5.56 Å². The molecule has 2 rings (SSSR count). The molecule has 0 aliphatic rings. The van der Waals surface area contributed by atoms with Gasteiger partial charge in [0, 0.05) is 11.5 Å². The van der Waals surface area contributed by atoms with Crippen LogP contribution in [0.3, 0.4) is 0 Å². The van der Waals surface area contributed by atoms with E-state index in [-0.39, 0.29) is 11.3 Å². The van der Waals surface area contributed by atoms with Crippen molar-refractivity contribution in [2.75, 3.05) is 6.61 Å². The monoisotopic (exact) mass is 345 g/mol. The molecule has 0 atom stereocenters. The predicted octanol–water partition coefficient (Wildman–Crippen LogP) is 2.45. The van der Waals surface area contributed by atoms with Crippen molar-refractivity contribution >= 4 is 29.3 Å². The fourth-order valence-electron chi connectivity index (χ4n) is 1.89. The van der Waals surface area contributed by atoms with E-state index in [1.807, 2.05) is 51.1 Å². The summed E-state index contributed by atoms with van der Waals surface area (Å²) < 4.78 is 6.69. The van der Waals surface area contributed by atoms with Crippen molar-refractivity contribution in [2.24, 2.45) is 5.41 Å². The van der Waals surface area contributed by atoms with Crippen LogP contribution >= 0.6 is 11.3 Å². The quantitative estimate of drug-likeness (QED) is 0.905. The summed E-state index contributed by atoms with van der Waals surface area (Å²) in [4.78, 5) is 26.8. The van der Waals surface area contributed by atoms with Crippen LogP contribution < -0.4 is 19.5 Å².